The first kappa shape index (κ1) is 29.4. The molecular formula is C7H14BrLiMgO. The molecule has 0 saturated heterocycles. The van der Waals surface area contributed by atoms with Crippen LogP contribution in [-0.2, 0) is 0 Å². The number of rotatable bonds is 0. The van der Waals surface area contributed by atoms with E-state index in [0.717, 1.165) is 0 Å². The van der Waals surface area contributed by atoms with Gasteiger partial charge in [0.15, 0.2) is 0 Å². The molecule has 0 aliphatic carbocycles. The van der Waals surface area contributed by atoms with Crippen LogP contribution in [0.3, 0.4) is 0 Å². The zero-order valence-electron chi connectivity index (χ0n) is 8.15. The SMILES string of the molecule is CC(C)(C)[O-].[Br-].[CH-]=CC.[Li+].[Mg+2]. The Balaban J connectivity index is -0.0000000183. The minimum atomic E-state index is -0.750. The summed E-state index contributed by atoms with van der Waals surface area (Å²) in [6.07, 6.45) is 1.50. The number of halogens is 1. The van der Waals surface area contributed by atoms with E-state index < -0.39 is 5.60 Å². The van der Waals surface area contributed by atoms with E-state index in [1.54, 1.807) is 27.7 Å². The van der Waals surface area contributed by atoms with Crippen molar-refractivity contribution in [3.05, 3.63) is 12.7 Å². The van der Waals surface area contributed by atoms with Crippen molar-refractivity contribution in [2.45, 2.75) is 33.3 Å². The Morgan fingerprint density at radius 3 is 1.27 bits per heavy atom. The van der Waals surface area contributed by atoms with Gasteiger partial charge in [-0.2, -0.15) is 0 Å². The van der Waals surface area contributed by atoms with Gasteiger partial charge in [-0.3, -0.25) is 6.08 Å². The quantitative estimate of drug-likeness (QED) is 0.298. The van der Waals surface area contributed by atoms with Gasteiger partial charge in [-0.1, -0.05) is 27.7 Å². The first-order chi connectivity index (χ1) is 3.41. The standard InChI is InChI=1S/C4H9O.C3H5.BrH.Li.Mg/c1-4(2,3)5;1-3-2;;;/h1-3H3;1,3H,2H3;1H;;/q2*-1;;+1;+2/p-1. The van der Waals surface area contributed by atoms with Crippen LogP contribution in [-0.4, -0.2) is 28.7 Å². The molecule has 1 nitrogen and oxygen atoms in total. The third-order valence-corrected chi connectivity index (χ3v) is 0. The van der Waals surface area contributed by atoms with Crippen molar-refractivity contribution in [1.82, 2.24) is 0 Å². The van der Waals surface area contributed by atoms with Crippen molar-refractivity contribution in [2.24, 2.45) is 0 Å². The number of allylic oxidation sites excluding steroid dienone is 1. The first-order valence-electron chi connectivity index (χ1n) is 2.61. The maximum Gasteiger partial charge on any atom is 2.00 e. The number of hydrogen-bond donors (Lipinski definition) is 0. The molecule has 0 fully saturated rings. The summed E-state index contributed by atoms with van der Waals surface area (Å²) in [5.41, 5.74) is -0.750. The van der Waals surface area contributed by atoms with Crippen LogP contribution in [0.4, 0.5) is 0 Å². The molecule has 0 aromatic heterocycles. The third kappa shape index (κ3) is 441. The molecule has 0 radical (unpaired) electrons. The summed E-state index contributed by atoms with van der Waals surface area (Å²) in [5, 5.41) is 10.1. The van der Waals surface area contributed by atoms with Gasteiger partial charge in [0.1, 0.15) is 0 Å². The average Bonchev–Trinajstić information content (AvgIpc) is 1.27. The molecule has 0 saturated carbocycles. The zero-order valence-corrected chi connectivity index (χ0v) is 11.1. The minimum absolute atomic E-state index is 0. The summed E-state index contributed by atoms with van der Waals surface area (Å²) < 4.78 is 0. The van der Waals surface area contributed by atoms with Crippen molar-refractivity contribution in [2.75, 3.05) is 0 Å². The van der Waals surface area contributed by atoms with Gasteiger partial charge in [-0.05, 0) is 0 Å². The van der Waals surface area contributed by atoms with Crippen molar-refractivity contribution in [3.63, 3.8) is 0 Å². The summed E-state index contributed by atoms with van der Waals surface area (Å²) in [6.45, 7) is 11.4. The second-order valence-corrected chi connectivity index (χ2v) is 2.45. The van der Waals surface area contributed by atoms with Gasteiger partial charge in [0.2, 0.25) is 0 Å². The zero-order chi connectivity index (χ0) is 7.21. The summed E-state index contributed by atoms with van der Waals surface area (Å²) in [7, 11) is 0. The molecule has 0 rings (SSSR count). The molecule has 0 aliphatic rings. The van der Waals surface area contributed by atoms with Crippen LogP contribution in [0.2, 0.25) is 0 Å². The van der Waals surface area contributed by atoms with E-state index in [4.69, 9.17) is 6.58 Å². The van der Waals surface area contributed by atoms with Crippen LogP contribution in [0.5, 0.6) is 0 Å². The third-order valence-electron chi connectivity index (χ3n) is 0. The first-order valence-corrected chi connectivity index (χ1v) is 2.61. The van der Waals surface area contributed by atoms with Crippen LogP contribution in [0, 0.1) is 6.58 Å². The van der Waals surface area contributed by atoms with E-state index >= 15 is 0 Å². The Morgan fingerprint density at radius 2 is 1.27 bits per heavy atom. The molecular weight excluding hydrogens is 211 g/mol. The van der Waals surface area contributed by atoms with Gasteiger partial charge in [-0.15, -0.1) is 5.60 Å². The molecule has 0 N–H and O–H groups in total. The smallest absolute Gasteiger partial charge is 1.00 e. The molecule has 0 heterocycles. The van der Waals surface area contributed by atoms with Crippen LogP contribution < -0.4 is 40.9 Å². The average molecular weight is 225 g/mol. The Kier molecular flexibility index (Phi) is 46.9. The summed E-state index contributed by atoms with van der Waals surface area (Å²) in [6, 6.07) is 0. The van der Waals surface area contributed by atoms with Crippen LogP contribution in [0.25, 0.3) is 0 Å². The molecule has 0 unspecified atom stereocenters. The Bertz CT molecular complexity index is 58.0. The van der Waals surface area contributed by atoms with Crippen LogP contribution in [0.1, 0.15) is 27.7 Å². The van der Waals surface area contributed by atoms with Crippen molar-refractivity contribution >= 4 is 23.1 Å². The second-order valence-electron chi connectivity index (χ2n) is 2.45. The van der Waals surface area contributed by atoms with Crippen LogP contribution in [0.15, 0.2) is 6.08 Å². The van der Waals surface area contributed by atoms with E-state index in [0.29, 0.717) is 0 Å². The largest absolute Gasteiger partial charge is 2.00 e. The van der Waals surface area contributed by atoms with Gasteiger partial charge < -0.3 is 28.7 Å². The normalized spacial score (nSPS) is 6.64. The fraction of sp³-hybridized carbons (Fsp3) is 0.714. The molecule has 0 amide bonds. The Morgan fingerprint density at radius 1 is 1.27 bits per heavy atom. The summed E-state index contributed by atoms with van der Waals surface area (Å²) in [5.74, 6) is 0. The van der Waals surface area contributed by atoms with Crippen LogP contribution >= 0.6 is 0 Å². The fourth-order valence-electron chi connectivity index (χ4n) is 0. The maximum absolute atomic E-state index is 10.1. The predicted octanol–water partition coefficient (Wildman–Crippen LogP) is -5.23. The number of hydrogen-bond acceptors (Lipinski definition) is 1. The molecule has 4 heteroatoms. The fourth-order valence-corrected chi connectivity index (χ4v) is 0. The van der Waals surface area contributed by atoms with E-state index in [-0.39, 0.29) is 58.9 Å². The van der Waals surface area contributed by atoms with Gasteiger partial charge in [0.05, 0.1) is 0 Å². The van der Waals surface area contributed by atoms with Gasteiger partial charge in [-0.25, -0.2) is 0 Å². The van der Waals surface area contributed by atoms with Gasteiger partial charge in [0.25, 0.3) is 0 Å². The minimum Gasteiger partial charge on any atom is -1.00 e. The van der Waals surface area contributed by atoms with Gasteiger partial charge in [0, 0.05) is 0 Å². The van der Waals surface area contributed by atoms with E-state index in [1.165, 1.54) is 6.08 Å². The topological polar surface area (TPSA) is 23.1 Å². The monoisotopic (exact) mass is 224 g/mol. The molecule has 0 spiro atoms. The summed E-state index contributed by atoms with van der Waals surface area (Å²) in [4.78, 5) is 0. The van der Waals surface area contributed by atoms with E-state index in [2.05, 4.69) is 0 Å². The molecule has 0 aromatic rings. The molecule has 11 heavy (non-hydrogen) atoms. The van der Waals surface area contributed by atoms with Crippen molar-refractivity contribution in [1.29, 1.82) is 0 Å². The molecule has 0 aliphatic heterocycles. The van der Waals surface area contributed by atoms with Crippen molar-refractivity contribution in [3.8, 4) is 0 Å². The molecule has 58 valence electrons. The van der Waals surface area contributed by atoms with Gasteiger partial charge >= 0.3 is 41.9 Å². The maximum atomic E-state index is 10.1. The predicted molar refractivity (Wildman–Crippen MR) is 40.1 cm³/mol. The van der Waals surface area contributed by atoms with E-state index in [9.17, 15) is 5.11 Å². The Labute approximate surface area is 109 Å². The molecule has 0 bridgehead atoms. The second kappa shape index (κ2) is 17.6. The molecule has 0 atom stereocenters. The van der Waals surface area contributed by atoms with Crippen molar-refractivity contribution < 1.29 is 40.9 Å². The molecule has 0 aromatic carbocycles. The Hall–Kier alpha value is 1.54. The van der Waals surface area contributed by atoms with E-state index in [1.807, 2.05) is 0 Å². The summed E-state index contributed by atoms with van der Waals surface area (Å²) >= 11 is 0.